The first-order chi connectivity index (χ1) is 11.0. The molecule has 2 N–H and O–H groups in total. The van der Waals surface area contributed by atoms with Crippen LogP contribution in [0.4, 0.5) is 4.79 Å². The summed E-state index contributed by atoms with van der Waals surface area (Å²) in [5, 5.41) is 5.66. The Hall–Kier alpha value is -2.04. The first-order valence-electron chi connectivity index (χ1n) is 8.40. The quantitative estimate of drug-likeness (QED) is 0.845. The molecule has 1 fully saturated rings. The highest BCUT2D eigenvalue weighted by molar-refractivity contribution is 5.78. The maximum Gasteiger partial charge on any atom is 0.317 e. The van der Waals surface area contributed by atoms with Crippen LogP contribution in [0.2, 0.25) is 0 Å². The first-order valence-corrected chi connectivity index (χ1v) is 8.40. The van der Waals surface area contributed by atoms with Crippen LogP contribution in [0.15, 0.2) is 30.3 Å². The molecule has 1 saturated heterocycles. The van der Waals surface area contributed by atoms with Crippen molar-refractivity contribution >= 4 is 11.9 Å². The summed E-state index contributed by atoms with van der Waals surface area (Å²) in [7, 11) is 0. The Kier molecular flexibility index (Phi) is 6.44. The van der Waals surface area contributed by atoms with Crippen LogP contribution < -0.4 is 10.6 Å². The predicted molar refractivity (Wildman–Crippen MR) is 91.1 cm³/mol. The molecule has 0 unspecified atom stereocenters. The highest BCUT2D eigenvalue weighted by Crippen LogP contribution is 2.20. The van der Waals surface area contributed by atoms with Gasteiger partial charge in [0.2, 0.25) is 5.91 Å². The normalized spacial score (nSPS) is 17.3. The van der Waals surface area contributed by atoms with Gasteiger partial charge in [-0.3, -0.25) is 4.79 Å². The van der Waals surface area contributed by atoms with E-state index < -0.39 is 0 Å². The molecule has 0 aliphatic carbocycles. The van der Waals surface area contributed by atoms with Gasteiger partial charge in [0.1, 0.15) is 0 Å². The maximum absolute atomic E-state index is 12.1. The lowest BCUT2D eigenvalue weighted by atomic mass is 9.99. The number of urea groups is 1. The Labute approximate surface area is 138 Å². The number of rotatable bonds is 6. The average molecular weight is 317 g/mol. The molecule has 126 valence electrons. The maximum atomic E-state index is 12.1. The fraction of sp³-hybridized carbons (Fsp3) is 0.556. The number of likely N-dealkylation sites (tertiary alicyclic amines) is 1. The third-order valence-corrected chi connectivity index (χ3v) is 4.02. The molecule has 1 aromatic rings. The summed E-state index contributed by atoms with van der Waals surface area (Å²) in [4.78, 5) is 25.5. The number of carbonyl (C=O) groups excluding carboxylic acids is 2. The summed E-state index contributed by atoms with van der Waals surface area (Å²) >= 11 is 0. The van der Waals surface area contributed by atoms with Gasteiger partial charge >= 0.3 is 6.03 Å². The molecular formula is C18H27N3O2. The van der Waals surface area contributed by atoms with E-state index in [0.717, 1.165) is 25.9 Å². The monoisotopic (exact) mass is 317 g/mol. The molecule has 5 heteroatoms. The topological polar surface area (TPSA) is 61.4 Å². The molecule has 1 aromatic carbocycles. The summed E-state index contributed by atoms with van der Waals surface area (Å²) in [6, 6.07) is 10.5. The molecule has 0 spiro atoms. The lowest BCUT2D eigenvalue weighted by molar-refractivity contribution is -0.121. The smallest absolute Gasteiger partial charge is 0.317 e. The van der Waals surface area contributed by atoms with E-state index in [4.69, 9.17) is 0 Å². The van der Waals surface area contributed by atoms with Crippen molar-refractivity contribution in [2.75, 3.05) is 19.6 Å². The van der Waals surface area contributed by atoms with Gasteiger partial charge < -0.3 is 15.5 Å². The number of nitrogens with one attached hydrogen (secondary N) is 2. The Balaban J connectivity index is 1.67. The van der Waals surface area contributed by atoms with E-state index in [1.54, 1.807) is 0 Å². The molecule has 2 rings (SSSR count). The summed E-state index contributed by atoms with van der Waals surface area (Å²) in [5.41, 5.74) is 1.32. The van der Waals surface area contributed by atoms with Gasteiger partial charge in [0.05, 0.1) is 0 Å². The Morgan fingerprint density at radius 2 is 2.00 bits per heavy atom. The number of nitrogens with zero attached hydrogens (tertiary/aromatic N) is 1. The van der Waals surface area contributed by atoms with Crippen LogP contribution in [0.25, 0.3) is 0 Å². The minimum absolute atomic E-state index is 0.0244. The summed E-state index contributed by atoms with van der Waals surface area (Å²) in [5.74, 6) is 0.496. The van der Waals surface area contributed by atoms with Crippen LogP contribution in [0.5, 0.6) is 0 Å². The molecule has 0 bridgehead atoms. The largest absolute Gasteiger partial charge is 0.354 e. The Morgan fingerprint density at radius 1 is 1.26 bits per heavy atom. The summed E-state index contributed by atoms with van der Waals surface area (Å²) < 4.78 is 0. The van der Waals surface area contributed by atoms with Crippen LogP contribution in [0.3, 0.4) is 0 Å². The van der Waals surface area contributed by atoms with E-state index in [9.17, 15) is 9.59 Å². The predicted octanol–water partition coefficient (Wildman–Crippen LogP) is 2.18. The highest BCUT2D eigenvalue weighted by atomic mass is 16.2. The van der Waals surface area contributed by atoms with E-state index in [-0.39, 0.29) is 18.0 Å². The molecule has 23 heavy (non-hydrogen) atoms. The van der Waals surface area contributed by atoms with Crippen molar-refractivity contribution in [2.45, 2.75) is 39.2 Å². The summed E-state index contributed by atoms with van der Waals surface area (Å²) in [6.07, 6.45) is 2.38. The molecule has 1 aliphatic rings. The molecule has 0 radical (unpaired) electrons. The standard InChI is InChI=1S/C18H27N3O2/c1-14(2)20-17(22)8-10-19-18(23)21-11-9-16(13-21)12-15-6-4-3-5-7-15/h3-7,14,16H,8-13H2,1-2H3,(H,19,23)(H,20,22)/t16-/m1/s1. The minimum atomic E-state index is -0.0575. The second-order valence-electron chi connectivity index (χ2n) is 6.49. The van der Waals surface area contributed by atoms with E-state index in [0.29, 0.717) is 18.9 Å². The molecule has 5 nitrogen and oxygen atoms in total. The number of benzene rings is 1. The molecule has 1 atom stereocenters. The second-order valence-corrected chi connectivity index (χ2v) is 6.49. The van der Waals surface area contributed by atoms with E-state index >= 15 is 0 Å². The van der Waals surface area contributed by atoms with Gasteiger partial charge in [0.15, 0.2) is 0 Å². The third kappa shape index (κ3) is 5.93. The van der Waals surface area contributed by atoms with Gasteiger partial charge in [-0.25, -0.2) is 4.79 Å². The van der Waals surface area contributed by atoms with Gasteiger partial charge in [-0.1, -0.05) is 30.3 Å². The fourth-order valence-electron chi connectivity index (χ4n) is 2.92. The number of carbonyl (C=O) groups is 2. The molecule has 0 aromatic heterocycles. The molecule has 3 amide bonds. The first kappa shape index (κ1) is 17.3. The van der Waals surface area contributed by atoms with Gasteiger partial charge in [0.25, 0.3) is 0 Å². The van der Waals surface area contributed by atoms with Crippen LogP contribution in [0.1, 0.15) is 32.3 Å². The molecule has 0 saturated carbocycles. The van der Waals surface area contributed by atoms with Crippen molar-refractivity contribution in [1.82, 2.24) is 15.5 Å². The van der Waals surface area contributed by atoms with Gasteiger partial charge in [0, 0.05) is 32.1 Å². The van der Waals surface area contributed by atoms with Crippen LogP contribution >= 0.6 is 0 Å². The number of hydrogen-bond acceptors (Lipinski definition) is 2. The highest BCUT2D eigenvalue weighted by Gasteiger charge is 2.26. The zero-order valence-electron chi connectivity index (χ0n) is 14.0. The van der Waals surface area contributed by atoms with Crippen molar-refractivity contribution < 1.29 is 9.59 Å². The third-order valence-electron chi connectivity index (χ3n) is 4.02. The van der Waals surface area contributed by atoms with E-state index in [1.807, 2.05) is 24.8 Å². The number of hydrogen-bond donors (Lipinski definition) is 2. The minimum Gasteiger partial charge on any atom is -0.354 e. The molecule has 1 aliphatic heterocycles. The van der Waals surface area contributed by atoms with Gasteiger partial charge in [-0.15, -0.1) is 0 Å². The average Bonchev–Trinajstić information content (AvgIpc) is 2.96. The van der Waals surface area contributed by atoms with Crippen LogP contribution in [0, 0.1) is 5.92 Å². The van der Waals surface area contributed by atoms with Crippen molar-refractivity contribution in [1.29, 1.82) is 0 Å². The van der Waals surface area contributed by atoms with E-state index in [2.05, 4.69) is 34.9 Å². The van der Waals surface area contributed by atoms with Gasteiger partial charge in [-0.2, -0.15) is 0 Å². The zero-order valence-corrected chi connectivity index (χ0v) is 14.0. The lowest BCUT2D eigenvalue weighted by Gasteiger charge is -2.17. The fourth-order valence-corrected chi connectivity index (χ4v) is 2.92. The molecular weight excluding hydrogens is 290 g/mol. The SMILES string of the molecule is CC(C)NC(=O)CCNC(=O)N1CC[C@H](Cc2ccccc2)C1. The second kappa shape index (κ2) is 8.56. The summed E-state index contributed by atoms with van der Waals surface area (Å²) in [6.45, 7) is 5.82. The Morgan fingerprint density at radius 3 is 2.70 bits per heavy atom. The lowest BCUT2D eigenvalue weighted by Crippen LogP contribution is -2.40. The molecule has 1 heterocycles. The van der Waals surface area contributed by atoms with Gasteiger partial charge in [-0.05, 0) is 38.2 Å². The van der Waals surface area contributed by atoms with Crippen LogP contribution in [-0.2, 0) is 11.2 Å². The Bertz CT molecular complexity index is 516. The van der Waals surface area contributed by atoms with Crippen LogP contribution in [-0.4, -0.2) is 42.5 Å². The number of amides is 3. The van der Waals surface area contributed by atoms with Crippen molar-refractivity contribution in [3.63, 3.8) is 0 Å². The van der Waals surface area contributed by atoms with Crippen molar-refractivity contribution in [3.8, 4) is 0 Å². The van der Waals surface area contributed by atoms with E-state index in [1.165, 1.54) is 5.56 Å². The van der Waals surface area contributed by atoms with Crippen molar-refractivity contribution in [3.05, 3.63) is 35.9 Å². The van der Waals surface area contributed by atoms with Crippen molar-refractivity contribution in [2.24, 2.45) is 5.92 Å². The zero-order chi connectivity index (χ0) is 16.7.